The van der Waals surface area contributed by atoms with Crippen LogP contribution in [0.1, 0.15) is 19.3 Å². The lowest BCUT2D eigenvalue weighted by atomic mass is 10.1. The summed E-state index contributed by atoms with van der Waals surface area (Å²) in [6.07, 6.45) is 3.69. The SMILES string of the molecule is COc1ccc(-c2nnc(NN)cc2N2CCCCC2)cc1. The summed E-state index contributed by atoms with van der Waals surface area (Å²) < 4.78 is 5.22. The van der Waals surface area contributed by atoms with Gasteiger partial charge in [0, 0.05) is 24.7 Å². The fraction of sp³-hybridized carbons (Fsp3) is 0.375. The van der Waals surface area contributed by atoms with E-state index in [1.807, 2.05) is 30.3 Å². The minimum absolute atomic E-state index is 0.581. The Bertz CT molecular complexity index is 623. The van der Waals surface area contributed by atoms with Crippen molar-refractivity contribution in [3.05, 3.63) is 30.3 Å². The van der Waals surface area contributed by atoms with Crippen molar-refractivity contribution < 1.29 is 4.74 Å². The van der Waals surface area contributed by atoms with Gasteiger partial charge in [-0.05, 0) is 43.5 Å². The lowest BCUT2D eigenvalue weighted by molar-refractivity contribution is 0.415. The van der Waals surface area contributed by atoms with E-state index in [0.29, 0.717) is 5.82 Å². The molecule has 0 amide bonds. The first-order chi connectivity index (χ1) is 10.8. The van der Waals surface area contributed by atoms with Crippen LogP contribution in [0.25, 0.3) is 11.3 Å². The Morgan fingerprint density at radius 2 is 1.82 bits per heavy atom. The number of anilines is 2. The summed E-state index contributed by atoms with van der Waals surface area (Å²) in [4.78, 5) is 2.36. The Balaban J connectivity index is 2.00. The fourth-order valence-corrected chi connectivity index (χ4v) is 2.78. The molecule has 0 saturated carbocycles. The molecule has 0 unspecified atom stereocenters. The van der Waals surface area contributed by atoms with Gasteiger partial charge in [0.1, 0.15) is 11.4 Å². The molecule has 0 atom stereocenters. The van der Waals surface area contributed by atoms with Crippen molar-refractivity contribution in [3.8, 4) is 17.0 Å². The maximum absolute atomic E-state index is 5.49. The van der Waals surface area contributed by atoms with E-state index in [1.165, 1.54) is 19.3 Å². The predicted octanol–water partition coefficient (Wildman–Crippen LogP) is 2.43. The first-order valence-electron chi connectivity index (χ1n) is 7.55. The van der Waals surface area contributed by atoms with Crippen molar-refractivity contribution in [1.82, 2.24) is 10.2 Å². The van der Waals surface area contributed by atoms with E-state index in [2.05, 4.69) is 20.5 Å². The highest BCUT2D eigenvalue weighted by Gasteiger charge is 2.18. The van der Waals surface area contributed by atoms with Gasteiger partial charge in [0.05, 0.1) is 12.8 Å². The third-order valence-corrected chi connectivity index (χ3v) is 3.98. The molecule has 1 fully saturated rings. The first kappa shape index (κ1) is 14.6. The lowest BCUT2D eigenvalue weighted by Gasteiger charge is -2.30. The minimum Gasteiger partial charge on any atom is -0.497 e. The fourth-order valence-electron chi connectivity index (χ4n) is 2.78. The molecule has 6 nitrogen and oxygen atoms in total. The van der Waals surface area contributed by atoms with Crippen LogP contribution in [0.3, 0.4) is 0 Å². The molecule has 0 radical (unpaired) electrons. The second-order valence-electron chi connectivity index (χ2n) is 5.38. The molecule has 1 aliphatic heterocycles. The minimum atomic E-state index is 0.581. The van der Waals surface area contributed by atoms with E-state index in [-0.39, 0.29) is 0 Å². The van der Waals surface area contributed by atoms with E-state index in [1.54, 1.807) is 7.11 Å². The standard InChI is InChI=1S/C16H21N5O/c1-22-13-7-5-12(6-8-13)16-14(11-15(18-17)19-20-16)21-9-3-2-4-10-21/h5-8,11H,2-4,9-10,17H2,1H3,(H,18,19). The zero-order valence-electron chi connectivity index (χ0n) is 12.7. The Hall–Kier alpha value is -2.34. The summed E-state index contributed by atoms with van der Waals surface area (Å²) in [5.41, 5.74) is 5.56. The smallest absolute Gasteiger partial charge is 0.164 e. The molecule has 1 aromatic carbocycles. The van der Waals surface area contributed by atoms with Crippen molar-refractivity contribution in [3.63, 3.8) is 0 Å². The molecular weight excluding hydrogens is 278 g/mol. The van der Waals surface area contributed by atoms with Crippen molar-refractivity contribution in [1.29, 1.82) is 0 Å². The van der Waals surface area contributed by atoms with Crippen LogP contribution >= 0.6 is 0 Å². The van der Waals surface area contributed by atoms with E-state index < -0.39 is 0 Å². The normalized spacial score (nSPS) is 14.7. The van der Waals surface area contributed by atoms with Crippen molar-refractivity contribution in [2.24, 2.45) is 5.84 Å². The van der Waals surface area contributed by atoms with Crippen LogP contribution in [0.4, 0.5) is 11.5 Å². The number of rotatable bonds is 4. The summed E-state index contributed by atoms with van der Waals surface area (Å²) in [5.74, 6) is 6.90. The maximum Gasteiger partial charge on any atom is 0.164 e. The van der Waals surface area contributed by atoms with E-state index in [0.717, 1.165) is 35.8 Å². The first-order valence-corrected chi connectivity index (χ1v) is 7.55. The van der Waals surface area contributed by atoms with Gasteiger partial charge in [-0.1, -0.05) is 0 Å². The lowest BCUT2D eigenvalue weighted by Crippen LogP contribution is -2.30. The monoisotopic (exact) mass is 299 g/mol. The van der Waals surface area contributed by atoms with Crippen LogP contribution in [0, 0.1) is 0 Å². The van der Waals surface area contributed by atoms with Gasteiger partial charge in [-0.3, -0.25) is 0 Å². The largest absolute Gasteiger partial charge is 0.497 e. The Morgan fingerprint density at radius 1 is 1.09 bits per heavy atom. The molecule has 0 spiro atoms. The summed E-state index contributed by atoms with van der Waals surface area (Å²) in [6, 6.07) is 9.85. The van der Waals surface area contributed by atoms with E-state index >= 15 is 0 Å². The highest BCUT2D eigenvalue weighted by atomic mass is 16.5. The molecule has 1 aliphatic rings. The number of hydrogen-bond acceptors (Lipinski definition) is 6. The van der Waals surface area contributed by atoms with Crippen LogP contribution in [-0.2, 0) is 0 Å². The van der Waals surface area contributed by atoms with E-state index in [9.17, 15) is 0 Å². The summed E-state index contributed by atoms with van der Waals surface area (Å²) in [5, 5.41) is 8.50. The Morgan fingerprint density at radius 3 is 2.45 bits per heavy atom. The van der Waals surface area contributed by atoms with Gasteiger partial charge in [-0.2, -0.15) is 0 Å². The highest BCUT2D eigenvalue weighted by molar-refractivity contribution is 5.76. The number of hydrogen-bond donors (Lipinski definition) is 2. The van der Waals surface area contributed by atoms with Gasteiger partial charge in [-0.15, -0.1) is 10.2 Å². The van der Waals surface area contributed by atoms with Crippen LogP contribution in [0.2, 0.25) is 0 Å². The Labute approximate surface area is 130 Å². The molecule has 0 bridgehead atoms. The third-order valence-electron chi connectivity index (χ3n) is 3.98. The number of methoxy groups -OCH3 is 1. The van der Waals surface area contributed by atoms with Gasteiger partial charge in [-0.25, -0.2) is 5.84 Å². The molecule has 3 N–H and O–H groups in total. The number of piperidine rings is 1. The molecule has 2 aromatic rings. The Kier molecular flexibility index (Phi) is 4.39. The van der Waals surface area contributed by atoms with Crippen LogP contribution < -0.4 is 20.9 Å². The summed E-state index contributed by atoms with van der Waals surface area (Å²) in [6.45, 7) is 2.08. The summed E-state index contributed by atoms with van der Waals surface area (Å²) in [7, 11) is 1.66. The molecule has 3 rings (SSSR count). The number of hydrazine groups is 1. The van der Waals surface area contributed by atoms with Gasteiger partial charge >= 0.3 is 0 Å². The maximum atomic E-state index is 5.49. The molecule has 1 aromatic heterocycles. The molecule has 22 heavy (non-hydrogen) atoms. The number of nitrogen functional groups attached to an aromatic ring is 1. The predicted molar refractivity (Wildman–Crippen MR) is 87.9 cm³/mol. The topological polar surface area (TPSA) is 76.3 Å². The molecule has 1 saturated heterocycles. The summed E-state index contributed by atoms with van der Waals surface area (Å²) >= 11 is 0. The zero-order valence-corrected chi connectivity index (χ0v) is 12.7. The highest BCUT2D eigenvalue weighted by Crippen LogP contribution is 2.32. The van der Waals surface area contributed by atoms with Crippen molar-refractivity contribution in [2.75, 3.05) is 30.5 Å². The van der Waals surface area contributed by atoms with Gasteiger partial charge < -0.3 is 15.1 Å². The zero-order chi connectivity index (χ0) is 15.4. The third kappa shape index (κ3) is 2.96. The molecule has 0 aliphatic carbocycles. The van der Waals surface area contributed by atoms with Crippen molar-refractivity contribution in [2.45, 2.75) is 19.3 Å². The molecular formula is C16H21N5O. The van der Waals surface area contributed by atoms with Crippen molar-refractivity contribution >= 4 is 11.5 Å². The van der Waals surface area contributed by atoms with Crippen LogP contribution in [0.15, 0.2) is 30.3 Å². The number of nitrogens with zero attached hydrogens (tertiary/aromatic N) is 3. The van der Waals surface area contributed by atoms with Crippen LogP contribution in [-0.4, -0.2) is 30.4 Å². The van der Waals surface area contributed by atoms with Gasteiger partial charge in [0.2, 0.25) is 0 Å². The number of aromatic nitrogens is 2. The van der Waals surface area contributed by atoms with Crippen LogP contribution in [0.5, 0.6) is 5.75 Å². The number of benzene rings is 1. The quantitative estimate of drug-likeness (QED) is 0.667. The van der Waals surface area contributed by atoms with Gasteiger partial charge in [0.15, 0.2) is 5.82 Å². The average molecular weight is 299 g/mol. The number of ether oxygens (including phenoxy) is 1. The molecule has 2 heterocycles. The van der Waals surface area contributed by atoms with Gasteiger partial charge in [0.25, 0.3) is 0 Å². The molecule has 116 valence electrons. The molecule has 6 heteroatoms. The second kappa shape index (κ2) is 6.62. The van der Waals surface area contributed by atoms with E-state index in [4.69, 9.17) is 10.6 Å². The number of nitrogens with one attached hydrogen (secondary N) is 1. The number of nitrogens with two attached hydrogens (primary N) is 1. The average Bonchev–Trinajstić information content (AvgIpc) is 2.62. The second-order valence-corrected chi connectivity index (χ2v) is 5.38.